The van der Waals surface area contributed by atoms with Gasteiger partial charge in [-0.3, -0.25) is 9.59 Å². The summed E-state index contributed by atoms with van der Waals surface area (Å²) in [7, 11) is 0. The van der Waals surface area contributed by atoms with Gasteiger partial charge in [-0.05, 0) is 30.3 Å². The highest BCUT2D eigenvalue weighted by molar-refractivity contribution is 6.38. The average molecular weight is 599 g/mol. The molecule has 11 nitrogen and oxygen atoms in total. The molecule has 0 saturated carbocycles. The third-order valence-electron chi connectivity index (χ3n) is 4.95. The molecule has 0 atom stereocenters. The number of aromatic nitrogens is 6. The summed E-state index contributed by atoms with van der Waals surface area (Å²) in [6, 6.07) is 8.61. The van der Waals surface area contributed by atoms with Crippen molar-refractivity contribution in [2.24, 2.45) is 0 Å². The maximum atomic E-state index is 13.4. The minimum absolute atomic E-state index is 0.0410. The van der Waals surface area contributed by atoms with Crippen LogP contribution in [0.25, 0.3) is 5.82 Å². The summed E-state index contributed by atoms with van der Waals surface area (Å²) in [6.45, 7) is -0.604. The largest absolute Gasteiger partial charge is 0.436 e. The Bertz CT molecular complexity index is 1610. The number of alkyl halides is 3. The van der Waals surface area contributed by atoms with E-state index in [1.807, 2.05) is 0 Å². The average Bonchev–Trinajstić information content (AvgIpc) is 3.52. The molecule has 0 aliphatic heterocycles. The van der Waals surface area contributed by atoms with Crippen molar-refractivity contribution >= 4 is 52.3 Å². The molecule has 1 aromatic carbocycles. The molecule has 17 heteroatoms. The molecule has 4 aromatic rings. The molecule has 4 rings (SSSR count). The van der Waals surface area contributed by atoms with Gasteiger partial charge in [0.1, 0.15) is 12.2 Å². The van der Waals surface area contributed by atoms with Gasteiger partial charge in [-0.15, -0.1) is 5.10 Å². The van der Waals surface area contributed by atoms with Gasteiger partial charge in [-0.2, -0.15) is 23.5 Å². The number of anilines is 1. The minimum Gasteiger partial charge on any atom is -0.339 e. The van der Waals surface area contributed by atoms with Gasteiger partial charge in [0.25, 0.3) is 11.8 Å². The van der Waals surface area contributed by atoms with Crippen LogP contribution in [0.4, 0.5) is 18.9 Å². The van der Waals surface area contributed by atoms with Crippen LogP contribution >= 0.6 is 34.8 Å². The fraction of sp³-hybridized carbons (Fsp3) is 0.136. The van der Waals surface area contributed by atoms with Gasteiger partial charge in [0.15, 0.2) is 11.5 Å². The first-order valence-electron chi connectivity index (χ1n) is 10.6. The Hall–Kier alpha value is -4.19. The van der Waals surface area contributed by atoms with E-state index in [1.54, 1.807) is 12.1 Å². The Morgan fingerprint density at radius 3 is 2.54 bits per heavy atom. The summed E-state index contributed by atoms with van der Waals surface area (Å²) in [5.74, 6) is -1.52. The lowest BCUT2D eigenvalue weighted by Crippen LogP contribution is -2.26. The van der Waals surface area contributed by atoms with Crippen molar-refractivity contribution in [1.82, 2.24) is 35.1 Å². The minimum atomic E-state index is -4.70. The second-order valence-electron chi connectivity index (χ2n) is 7.65. The number of benzene rings is 1. The maximum Gasteiger partial charge on any atom is 0.436 e. The first kappa shape index (κ1) is 27.8. The molecule has 0 unspecified atom stereocenters. The van der Waals surface area contributed by atoms with E-state index in [0.29, 0.717) is 6.20 Å². The number of carbonyl (C=O) groups is 2. The number of nitriles is 1. The fourth-order valence-corrected chi connectivity index (χ4v) is 4.05. The number of hydrogen-bond donors (Lipinski definition) is 2. The van der Waals surface area contributed by atoms with Crippen molar-refractivity contribution in [3.63, 3.8) is 0 Å². The van der Waals surface area contributed by atoms with Crippen LogP contribution in [0.3, 0.4) is 0 Å². The molecule has 0 aliphatic rings. The third-order valence-corrected chi connectivity index (χ3v) is 5.76. The van der Waals surface area contributed by atoms with E-state index < -0.39 is 23.7 Å². The van der Waals surface area contributed by atoms with Crippen LogP contribution < -0.4 is 10.6 Å². The van der Waals surface area contributed by atoms with Gasteiger partial charge in [-0.1, -0.05) is 40.0 Å². The van der Waals surface area contributed by atoms with Crippen LogP contribution in [0.5, 0.6) is 0 Å². The van der Waals surface area contributed by atoms with E-state index in [2.05, 4.69) is 31.0 Å². The first-order valence-corrected chi connectivity index (χ1v) is 11.7. The van der Waals surface area contributed by atoms with Crippen molar-refractivity contribution in [2.75, 3.05) is 11.9 Å². The van der Waals surface area contributed by atoms with Crippen LogP contribution in [-0.4, -0.2) is 48.1 Å². The van der Waals surface area contributed by atoms with Crippen molar-refractivity contribution in [2.45, 2.75) is 12.7 Å². The second-order valence-corrected chi connectivity index (χ2v) is 8.90. The Labute approximate surface area is 232 Å². The summed E-state index contributed by atoms with van der Waals surface area (Å²) >= 11 is 18.5. The maximum absolute atomic E-state index is 13.4. The Balaban J connectivity index is 1.73. The lowest BCUT2D eigenvalue weighted by atomic mass is 10.1. The van der Waals surface area contributed by atoms with Crippen LogP contribution in [0.2, 0.25) is 15.1 Å². The Kier molecular flexibility index (Phi) is 8.05. The topological polar surface area (TPSA) is 143 Å². The summed E-state index contributed by atoms with van der Waals surface area (Å²) in [4.78, 5) is 30.2. The van der Waals surface area contributed by atoms with Gasteiger partial charge < -0.3 is 10.6 Å². The van der Waals surface area contributed by atoms with E-state index in [9.17, 15) is 22.8 Å². The molecule has 0 fully saturated rings. The number of nitrogens with zero attached hydrogens (tertiary/aromatic N) is 7. The Morgan fingerprint density at radius 2 is 1.87 bits per heavy atom. The number of carbonyl (C=O) groups excluding carboxylic acids is 2. The van der Waals surface area contributed by atoms with Gasteiger partial charge in [0.2, 0.25) is 0 Å². The smallest absolute Gasteiger partial charge is 0.339 e. The number of pyridine rings is 1. The predicted molar refractivity (Wildman–Crippen MR) is 133 cm³/mol. The molecule has 0 aliphatic carbocycles. The molecular formula is C22H13Cl3F3N9O2. The van der Waals surface area contributed by atoms with E-state index in [-0.39, 0.29) is 56.6 Å². The fourth-order valence-electron chi connectivity index (χ4n) is 3.31. The van der Waals surface area contributed by atoms with Crippen molar-refractivity contribution in [1.29, 1.82) is 5.26 Å². The van der Waals surface area contributed by atoms with Crippen LogP contribution in [0, 0.1) is 11.3 Å². The molecule has 39 heavy (non-hydrogen) atoms. The Morgan fingerprint density at radius 1 is 1.10 bits per heavy atom. The number of nitrogens with one attached hydrogen (secondary N) is 2. The van der Waals surface area contributed by atoms with E-state index >= 15 is 0 Å². The first-order chi connectivity index (χ1) is 18.5. The van der Waals surface area contributed by atoms with Gasteiger partial charge in [0, 0.05) is 11.2 Å². The molecule has 0 radical (unpaired) electrons. The molecule has 0 spiro atoms. The molecule has 200 valence electrons. The lowest BCUT2D eigenvalue weighted by molar-refractivity contribution is -0.141. The summed E-state index contributed by atoms with van der Waals surface area (Å²) < 4.78 is 40.8. The molecule has 0 bridgehead atoms. The number of amides is 2. The molecule has 2 N–H and O–H groups in total. The monoisotopic (exact) mass is 597 g/mol. The molecule has 2 amide bonds. The molecule has 3 heterocycles. The van der Waals surface area contributed by atoms with E-state index in [1.165, 1.54) is 30.5 Å². The summed E-state index contributed by atoms with van der Waals surface area (Å²) in [5, 5.41) is 24.6. The molecular weight excluding hydrogens is 586 g/mol. The summed E-state index contributed by atoms with van der Waals surface area (Å²) in [5.41, 5.74) is -1.49. The quantitative estimate of drug-likeness (QED) is 0.300. The van der Waals surface area contributed by atoms with Crippen LogP contribution in [-0.2, 0) is 12.7 Å². The van der Waals surface area contributed by atoms with Crippen molar-refractivity contribution in [3.8, 4) is 11.9 Å². The lowest BCUT2D eigenvalue weighted by Gasteiger charge is -2.14. The highest BCUT2D eigenvalue weighted by atomic mass is 35.5. The number of halogens is 6. The van der Waals surface area contributed by atoms with E-state index in [0.717, 1.165) is 9.36 Å². The highest BCUT2D eigenvalue weighted by Gasteiger charge is 2.34. The normalized spacial score (nSPS) is 11.2. The molecule has 3 aromatic heterocycles. The third kappa shape index (κ3) is 6.28. The summed E-state index contributed by atoms with van der Waals surface area (Å²) in [6.07, 6.45) is -2.61. The zero-order chi connectivity index (χ0) is 28.3. The second kappa shape index (κ2) is 11.3. The zero-order valence-corrected chi connectivity index (χ0v) is 21.4. The van der Waals surface area contributed by atoms with Crippen molar-refractivity contribution in [3.05, 3.63) is 80.4 Å². The standard InChI is InChI=1S/C22H13Cl3F3N9O2/c23-11-6-13(20(38)31-5-3-29)18(15(25)7-11)32-21(39)16-8-12(9-36-10-17(33-35-36)22(26,27)28)34-37(16)19-14(24)2-1-4-30-19/h1-2,4,6-8,10H,5,9H2,(H,31,38)(H,32,39). The van der Waals surface area contributed by atoms with E-state index in [4.69, 9.17) is 40.1 Å². The van der Waals surface area contributed by atoms with Gasteiger partial charge >= 0.3 is 6.18 Å². The van der Waals surface area contributed by atoms with Crippen molar-refractivity contribution < 1.29 is 22.8 Å². The highest BCUT2D eigenvalue weighted by Crippen LogP contribution is 2.31. The SMILES string of the molecule is N#CCNC(=O)c1cc(Cl)cc(Cl)c1NC(=O)c1cc(Cn2cc(C(F)(F)F)nn2)nn1-c1ncccc1Cl. The number of hydrogen-bond acceptors (Lipinski definition) is 7. The molecule has 0 saturated heterocycles. The van der Waals surface area contributed by atoms with Gasteiger partial charge in [0.05, 0.1) is 45.8 Å². The predicted octanol–water partition coefficient (Wildman–Crippen LogP) is 4.39. The van der Waals surface area contributed by atoms with Gasteiger partial charge in [-0.25, -0.2) is 14.3 Å². The van der Waals surface area contributed by atoms with Crippen LogP contribution in [0.15, 0.2) is 42.7 Å². The van der Waals surface area contributed by atoms with Crippen LogP contribution in [0.1, 0.15) is 32.2 Å². The zero-order valence-electron chi connectivity index (χ0n) is 19.2. The number of rotatable bonds is 7.